The van der Waals surface area contributed by atoms with E-state index in [0.717, 1.165) is 5.56 Å². The van der Waals surface area contributed by atoms with E-state index < -0.39 is 0 Å². The molecule has 0 N–H and O–H groups in total. The van der Waals surface area contributed by atoms with E-state index in [1.165, 1.54) is 32.6 Å². The fourth-order valence-electron chi connectivity index (χ4n) is 2.11. The smallest absolute Gasteiger partial charge is 0.227 e. The maximum absolute atomic E-state index is 12.3. The summed E-state index contributed by atoms with van der Waals surface area (Å²) in [5.41, 5.74) is 0.754. The second-order valence-corrected chi connectivity index (χ2v) is 4.81. The number of amides is 1. The molecule has 0 spiro atoms. The lowest BCUT2D eigenvalue weighted by Crippen LogP contribution is -2.28. The van der Waals surface area contributed by atoms with Gasteiger partial charge in [-0.1, -0.05) is 5.16 Å². The van der Waals surface area contributed by atoms with Crippen LogP contribution in [-0.2, 0) is 17.8 Å². The number of hydrogen-bond donors (Lipinski definition) is 0. The molecule has 124 valence electrons. The summed E-state index contributed by atoms with van der Waals surface area (Å²) < 4.78 is 20.5. The molecule has 0 atom stereocenters. The van der Waals surface area contributed by atoms with Gasteiger partial charge < -0.3 is 23.6 Å². The molecule has 0 aliphatic carbocycles. The van der Waals surface area contributed by atoms with Gasteiger partial charge in [-0.15, -0.1) is 0 Å². The van der Waals surface area contributed by atoms with Gasteiger partial charge in [-0.25, -0.2) is 0 Å². The summed E-state index contributed by atoms with van der Waals surface area (Å²) in [6.07, 6.45) is 1.41. The Labute approximate surface area is 133 Å². The maximum atomic E-state index is 12.3. The lowest BCUT2D eigenvalue weighted by atomic mass is 10.1. The van der Waals surface area contributed by atoms with Crippen LogP contribution < -0.4 is 14.2 Å². The monoisotopic (exact) mass is 321 g/mol. The van der Waals surface area contributed by atoms with Crippen LogP contribution in [0.1, 0.15) is 11.4 Å². The zero-order valence-corrected chi connectivity index (χ0v) is 13.5. The van der Waals surface area contributed by atoms with Crippen LogP contribution in [0.3, 0.4) is 0 Å². The molecule has 8 heteroatoms. The highest BCUT2D eigenvalue weighted by Crippen LogP contribution is 2.38. The SMILES string of the molecule is COc1cc(CC(=O)N(C)Cc2ncon2)cc(OC)c1OC. The van der Waals surface area contributed by atoms with Gasteiger partial charge in [0.25, 0.3) is 0 Å². The second-order valence-electron chi connectivity index (χ2n) is 4.81. The average Bonchev–Trinajstić information content (AvgIpc) is 3.06. The average molecular weight is 321 g/mol. The topological polar surface area (TPSA) is 86.9 Å². The molecule has 0 radical (unpaired) electrons. The fraction of sp³-hybridized carbons (Fsp3) is 0.400. The van der Waals surface area contributed by atoms with Crippen LogP contribution in [0.5, 0.6) is 17.2 Å². The van der Waals surface area contributed by atoms with E-state index in [1.807, 2.05) is 0 Å². The third kappa shape index (κ3) is 3.91. The summed E-state index contributed by atoms with van der Waals surface area (Å²) in [5.74, 6) is 1.87. The second kappa shape index (κ2) is 7.48. The summed E-state index contributed by atoms with van der Waals surface area (Å²) in [6.45, 7) is 0.278. The number of rotatable bonds is 7. The number of hydrogen-bond acceptors (Lipinski definition) is 7. The molecule has 23 heavy (non-hydrogen) atoms. The number of likely N-dealkylation sites (N-methyl/N-ethyl adjacent to an activating group) is 1. The van der Waals surface area contributed by atoms with Gasteiger partial charge in [0, 0.05) is 7.05 Å². The lowest BCUT2D eigenvalue weighted by Gasteiger charge is -2.17. The maximum Gasteiger partial charge on any atom is 0.227 e. The van der Waals surface area contributed by atoms with Gasteiger partial charge in [0.2, 0.25) is 18.1 Å². The number of methoxy groups -OCH3 is 3. The predicted octanol–water partition coefficient (Wildman–Crippen LogP) is 1.30. The van der Waals surface area contributed by atoms with Crippen molar-refractivity contribution in [1.82, 2.24) is 15.0 Å². The molecule has 0 saturated carbocycles. The molecule has 1 aromatic heterocycles. The first kappa shape index (κ1) is 16.6. The molecule has 1 heterocycles. The van der Waals surface area contributed by atoms with E-state index >= 15 is 0 Å². The number of carbonyl (C=O) groups excluding carboxylic acids is 1. The standard InChI is InChI=1S/C15H19N3O5/c1-18(8-13-16-9-23-17-13)14(19)7-10-5-11(20-2)15(22-4)12(6-10)21-3/h5-6,9H,7-8H2,1-4H3. The molecular weight excluding hydrogens is 302 g/mol. The molecule has 0 saturated heterocycles. The first-order chi connectivity index (χ1) is 11.1. The van der Waals surface area contributed by atoms with Crippen molar-refractivity contribution in [3.63, 3.8) is 0 Å². The Morgan fingerprint density at radius 3 is 2.30 bits per heavy atom. The molecule has 2 aromatic rings. The number of nitrogens with zero attached hydrogens (tertiary/aromatic N) is 3. The van der Waals surface area contributed by atoms with Crippen LogP contribution in [0.15, 0.2) is 23.0 Å². The van der Waals surface area contributed by atoms with Crippen LogP contribution in [0.4, 0.5) is 0 Å². The molecule has 0 unspecified atom stereocenters. The summed E-state index contributed by atoms with van der Waals surface area (Å²) in [7, 11) is 6.27. The number of benzene rings is 1. The highest BCUT2D eigenvalue weighted by atomic mass is 16.5. The highest BCUT2D eigenvalue weighted by molar-refractivity contribution is 5.79. The zero-order valence-electron chi connectivity index (χ0n) is 13.5. The quantitative estimate of drug-likeness (QED) is 0.759. The summed E-state index contributed by atoms with van der Waals surface area (Å²) in [5, 5.41) is 3.69. The lowest BCUT2D eigenvalue weighted by molar-refractivity contribution is -0.129. The van der Waals surface area contributed by atoms with Gasteiger partial charge in [0.05, 0.1) is 34.3 Å². The van der Waals surface area contributed by atoms with Gasteiger partial charge in [0.15, 0.2) is 17.3 Å². The van der Waals surface area contributed by atoms with E-state index in [1.54, 1.807) is 19.2 Å². The van der Waals surface area contributed by atoms with Gasteiger partial charge >= 0.3 is 0 Å². The van der Waals surface area contributed by atoms with Crippen molar-refractivity contribution in [2.24, 2.45) is 0 Å². The van der Waals surface area contributed by atoms with Crippen molar-refractivity contribution in [2.75, 3.05) is 28.4 Å². The molecule has 0 aliphatic heterocycles. The van der Waals surface area contributed by atoms with Crippen molar-refractivity contribution in [1.29, 1.82) is 0 Å². The predicted molar refractivity (Wildman–Crippen MR) is 80.6 cm³/mol. The third-order valence-electron chi connectivity index (χ3n) is 3.29. The van der Waals surface area contributed by atoms with Crippen LogP contribution in [-0.4, -0.2) is 49.3 Å². The van der Waals surface area contributed by atoms with Crippen molar-refractivity contribution >= 4 is 5.91 Å². The van der Waals surface area contributed by atoms with Gasteiger partial charge in [-0.05, 0) is 17.7 Å². The number of carbonyl (C=O) groups is 1. The molecule has 0 fully saturated rings. The Bertz CT molecular complexity index is 632. The molecule has 0 bridgehead atoms. The van der Waals surface area contributed by atoms with Crippen molar-refractivity contribution < 1.29 is 23.5 Å². The van der Waals surface area contributed by atoms with E-state index in [-0.39, 0.29) is 18.9 Å². The Kier molecular flexibility index (Phi) is 5.40. The minimum absolute atomic E-state index is 0.0935. The Morgan fingerprint density at radius 2 is 1.83 bits per heavy atom. The molecule has 0 aliphatic rings. The van der Waals surface area contributed by atoms with Crippen molar-refractivity contribution in [3.05, 3.63) is 29.9 Å². The fourth-order valence-corrected chi connectivity index (χ4v) is 2.11. The molecule has 8 nitrogen and oxygen atoms in total. The minimum atomic E-state index is -0.0935. The summed E-state index contributed by atoms with van der Waals surface area (Å²) in [6, 6.07) is 3.50. The summed E-state index contributed by atoms with van der Waals surface area (Å²) in [4.78, 5) is 17.7. The van der Waals surface area contributed by atoms with Gasteiger partial charge in [0.1, 0.15) is 0 Å². The first-order valence-electron chi connectivity index (χ1n) is 6.87. The van der Waals surface area contributed by atoms with Crippen LogP contribution >= 0.6 is 0 Å². The van der Waals surface area contributed by atoms with Crippen molar-refractivity contribution in [2.45, 2.75) is 13.0 Å². The first-order valence-corrected chi connectivity index (χ1v) is 6.87. The molecular formula is C15H19N3O5. The zero-order chi connectivity index (χ0) is 16.8. The van der Waals surface area contributed by atoms with Crippen LogP contribution in [0.2, 0.25) is 0 Å². The van der Waals surface area contributed by atoms with E-state index in [4.69, 9.17) is 14.2 Å². The van der Waals surface area contributed by atoms with Crippen LogP contribution in [0, 0.1) is 0 Å². The van der Waals surface area contributed by atoms with E-state index in [9.17, 15) is 4.79 Å². The Balaban J connectivity index is 2.13. The van der Waals surface area contributed by atoms with Gasteiger partial charge in [-0.3, -0.25) is 4.79 Å². The highest BCUT2D eigenvalue weighted by Gasteiger charge is 2.17. The Morgan fingerprint density at radius 1 is 1.17 bits per heavy atom. The van der Waals surface area contributed by atoms with Crippen LogP contribution in [0.25, 0.3) is 0 Å². The normalized spacial score (nSPS) is 10.3. The molecule has 1 amide bonds. The Hall–Kier alpha value is -2.77. The summed E-state index contributed by atoms with van der Waals surface area (Å²) >= 11 is 0. The molecule has 1 aromatic carbocycles. The third-order valence-corrected chi connectivity index (χ3v) is 3.29. The number of ether oxygens (including phenoxy) is 3. The van der Waals surface area contributed by atoms with E-state index in [2.05, 4.69) is 14.7 Å². The molecule has 2 rings (SSSR count). The largest absolute Gasteiger partial charge is 0.493 e. The van der Waals surface area contributed by atoms with Gasteiger partial charge in [-0.2, -0.15) is 4.98 Å². The van der Waals surface area contributed by atoms with E-state index in [0.29, 0.717) is 23.1 Å². The number of aromatic nitrogens is 2. The minimum Gasteiger partial charge on any atom is -0.493 e. The van der Waals surface area contributed by atoms with Crippen molar-refractivity contribution in [3.8, 4) is 17.2 Å².